The van der Waals surface area contributed by atoms with Crippen molar-refractivity contribution >= 4 is 36.8 Å². The Hall–Kier alpha value is -1.82. The molecule has 0 bridgehead atoms. The number of anilines is 1. The molecule has 12 nitrogen and oxygen atoms in total. The second-order valence-corrected chi connectivity index (χ2v) is 11.2. The number of alkyl halides is 1. The number of aliphatic imine (C=N–C) groups is 1. The molecule has 1 aromatic heterocycles. The number of ether oxygens (including phenoxy) is 1. The van der Waals surface area contributed by atoms with Gasteiger partial charge in [0.25, 0.3) is 0 Å². The molecule has 3 rings (SSSR count). The fourth-order valence-electron chi connectivity index (χ4n) is 3.44. The molecule has 0 saturated carbocycles. The van der Waals surface area contributed by atoms with E-state index in [2.05, 4.69) is 20.6 Å². The van der Waals surface area contributed by atoms with Crippen molar-refractivity contribution in [3.63, 3.8) is 0 Å². The number of aliphatic hydroxyl groups excluding tert-OH is 1. The molecule has 3 unspecified atom stereocenters. The summed E-state index contributed by atoms with van der Waals surface area (Å²) in [4.78, 5) is 19.5. The van der Waals surface area contributed by atoms with Crippen LogP contribution in [0.15, 0.2) is 11.3 Å². The van der Waals surface area contributed by atoms with Gasteiger partial charge in [0.05, 0.1) is 25.9 Å². The van der Waals surface area contributed by atoms with Gasteiger partial charge < -0.3 is 15.2 Å². The molecule has 2 aliphatic heterocycles. The highest BCUT2D eigenvalue weighted by atomic mass is 32.2. The zero-order valence-electron chi connectivity index (χ0n) is 19.2. The van der Waals surface area contributed by atoms with E-state index in [-0.39, 0.29) is 17.5 Å². The number of thioether (sulfide) groups is 1. The quantitative estimate of drug-likeness (QED) is 0.233. The summed E-state index contributed by atoms with van der Waals surface area (Å²) in [6, 6.07) is 0. The zero-order valence-corrected chi connectivity index (χ0v) is 20.9. The van der Waals surface area contributed by atoms with Crippen LogP contribution in [0.3, 0.4) is 0 Å². The van der Waals surface area contributed by atoms with Crippen LogP contribution in [-0.2, 0) is 23.1 Å². The second kappa shape index (κ2) is 10.8. The number of carbonyl (C=O) groups excluding carboxylic acids is 1. The normalized spacial score (nSPS) is 29.9. The number of terminal acetylenes is 1. The van der Waals surface area contributed by atoms with Gasteiger partial charge in [-0.15, -0.1) is 6.42 Å². The van der Waals surface area contributed by atoms with Crippen LogP contribution in [0.5, 0.6) is 0 Å². The number of carbonyl (C=O) groups is 1. The van der Waals surface area contributed by atoms with Crippen LogP contribution < -0.4 is 10.6 Å². The average Bonchev–Trinajstić information content (AvgIpc) is 3.34. The molecule has 34 heavy (non-hydrogen) atoms. The predicted molar refractivity (Wildman–Crippen MR) is 125 cm³/mol. The smallest absolute Gasteiger partial charge is 0.386 e. The van der Waals surface area contributed by atoms with Crippen molar-refractivity contribution in [2.45, 2.75) is 37.2 Å². The van der Waals surface area contributed by atoms with Crippen LogP contribution in [-0.4, -0.2) is 88.8 Å². The van der Waals surface area contributed by atoms with Crippen molar-refractivity contribution in [1.29, 1.82) is 0 Å². The van der Waals surface area contributed by atoms with Crippen LogP contribution in [0.1, 0.15) is 25.0 Å². The minimum atomic E-state index is -3.81. The molecule has 2 aliphatic rings. The Labute approximate surface area is 201 Å². The van der Waals surface area contributed by atoms with Crippen molar-refractivity contribution in [3.8, 4) is 12.3 Å². The first-order valence-corrected chi connectivity index (χ1v) is 12.8. The van der Waals surface area contributed by atoms with Crippen molar-refractivity contribution < 1.29 is 32.6 Å². The molecular formula is C19H28FN6O6PS. The number of hydrogen-bond acceptors (Lipinski definition) is 11. The van der Waals surface area contributed by atoms with Gasteiger partial charge in [-0.05, 0) is 21.1 Å². The Bertz CT molecular complexity index is 1020. The summed E-state index contributed by atoms with van der Waals surface area (Å²) in [6.07, 6.45) is 3.29. The lowest BCUT2D eigenvalue weighted by Gasteiger charge is -2.26. The number of rotatable bonds is 10. The average molecular weight is 519 g/mol. The molecule has 0 radical (unpaired) electrons. The number of halogens is 1. The topological polar surface area (TPSA) is 140 Å². The third-order valence-electron chi connectivity index (χ3n) is 5.23. The standard InChI is InChI=1S/C19H28FN6O6PS/c1-6-19(20)15(28)13(9-31-33(29,25(4)5)30-7-8-34-12(2)27)32-18(19)26-11-24-14-16(21-3)22-10-23-17(14)26/h1,10-11,13,15-16,18,21,28H,7-9H2,2-5H3,(H,22,23)/t13-,15?,16?,18-,19+,33?/m1/s1. The van der Waals surface area contributed by atoms with Gasteiger partial charge >= 0.3 is 7.75 Å². The minimum Gasteiger partial charge on any atom is -0.386 e. The molecule has 0 amide bonds. The molecular weight excluding hydrogens is 490 g/mol. The van der Waals surface area contributed by atoms with Gasteiger partial charge in [0.2, 0.25) is 5.67 Å². The summed E-state index contributed by atoms with van der Waals surface area (Å²) in [5.74, 6) is 2.67. The molecule has 3 N–H and O–H groups in total. The summed E-state index contributed by atoms with van der Waals surface area (Å²) in [7, 11) is 0.861. The molecule has 1 aromatic rings. The van der Waals surface area contributed by atoms with E-state index in [0.717, 1.165) is 11.8 Å². The highest BCUT2D eigenvalue weighted by Gasteiger charge is 2.58. The maximum Gasteiger partial charge on any atom is 0.407 e. The fourth-order valence-corrected chi connectivity index (χ4v) is 5.21. The van der Waals surface area contributed by atoms with Crippen molar-refractivity contribution in [2.75, 3.05) is 45.4 Å². The zero-order chi connectivity index (χ0) is 25.1. The largest absolute Gasteiger partial charge is 0.407 e. The molecule has 1 saturated heterocycles. The number of aliphatic hydroxyl groups is 1. The van der Waals surface area contributed by atoms with E-state index in [4.69, 9.17) is 20.2 Å². The Morgan fingerprint density at radius 3 is 2.91 bits per heavy atom. The molecule has 188 valence electrons. The van der Waals surface area contributed by atoms with Crippen molar-refractivity contribution in [3.05, 3.63) is 12.0 Å². The number of hydrogen-bond donors (Lipinski definition) is 3. The summed E-state index contributed by atoms with van der Waals surface area (Å²) < 4.78 is 48.1. The molecule has 0 aliphatic carbocycles. The lowest BCUT2D eigenvalue weighted by atomic mass is 9.97. The monoisotopic (exact) mass is 518 g/mol. The summed E-state index contributed by atoms with van der Waals surface area (Å²) in [5, 5.41) is 16.4. The van der Waals surface area contributed by atoms with Crippen LogP contribution >= 0.6 is 19.5 Å². The second-order valence-electron chi connectivity index (χ2n) is 7.67. The maximum absolute atomic E-state index is 15.8. The highest BCUT2D eigenvalue weighted by molar-refractivity contribution is 8.13. The fraction of sp³-hybridized carbons (Fsp3) is 0.632. The first-order valence-electron chi connectivity index (χ1n) is 10.3. The third-order valence-corrected chi connectivity index (χ3v) is 7.98. The van der Waals surface area contributed by atoms with E-state index in [1.165, 1.54) is 42.9 Å². The SMILES string of the molecule is C#C[C@]1(F)C(O)[C@@H](COP(=O)(OCCSC(C)=O)N(C)C)O[C@H]1n1cnc2c1NC=NC2NC. The number of fused-ring (bicyclic) bond motifs is 1. The van der Waals surface area contributed by atoms with E-state index in [1.807, 2.05) is 5.92 Å². The van der Waals surface area contributed by atoms with E-state index >= 15 is 4.39 Å². The lowest BCUT2D eigenvalue weighted by Crippen LogP contribution is -2.42. The Balaban J connectivity index is 1.75. The van der Waals surface area contributed by atoms with Crippen LogP contribution in [0.25, 0.3) is 0 Å². The molecule has 0 spiro atoms. The van der Waals surface area contributed by atoms with Crippen LogP contribution in [0, 0.1) is 12.3 Å². The van der Waals surface area contributed by atoms with Crippen LogP contribution in [0.2, 0.25) is 0 Å². The number of nitrogens with zero attached hydrogens (tertiary/aromatic N) is 4. The van der Waals surface area contributed by atoms with E-state index < -0.39 is 44.6 Å². The Morgan fingerprint density at radius 2 is 2.29 bits per heavy atom. The van der Waals surface area contributed by atoms with Crippen molar-refractivity contribution in [1.82, 2.24) is 19.5 Å². The van der Waals surface area contributed by atoms with Gasteiger partial charge in [0.1, 0.15) is 29.9 Å². The predicted octanol–water partition coefficient (Wildman–Crippen LogP) is 1.14. The van der Waals surface area contributed by atoms with E-state index in [1.54, 1.807) is 7.05 Å². The minimum absolute atomic E-state index is 0.0190. The van der Waals surface area contributed by atoms with Crippen molar-refractivity contribution in [2.24, 2.45) is 4.99 Å². The molecule has 6 atom stereocenters. The van der Waals surface area contributed by atoms with Gasteiger partial charge in [0, 0.05) is 12.7 Å². The highest BCUT2D eigenvalue weighted by Crippen LogP contribution is 2.51. The third kappa shape index (κ3) is 5.22. The molecule has 1 fully saturated rings. The first kappa shape index (κ1) is 26.8. The Kier molecular flexibility index (Phi) is 8.54. The first-order chi connectivity index (χ1) is 16.1. The summed E-state index contributed by atoms with van der Waals surface area (Å²) in [6.45, 7) is 0.926. The van der Waals surface area contributed by atoms with Gasteiger partial charge in [-0.2, -0.15) is 0 Å². The Morgan fingerprint density at radius 1 is 1.56 bits per heavy atom. The summed E-state index contributed by atoms with van der Waals surface area (Å²) >= 11 is 1.02. The van der Waals surface area contributed by atoms with Gasteiger partial charge in [0.15, 0.2) is 11.3 Å². The van der Waals surface area contributed by atoms with Crippen LogP contribution in [0.4, 0.5) is 10.2 Å². The summed E-state index contributed by atoms with van der Waals surface area (Å²) in [5.41, 5.74) is -2.13. The number of aromatic nitrogens is 2. The van der Waals surface area contributed by atoms with E-state index in [0.29, 0.717) is 11.5 Å². The van der Waals surface area contributed by atoms with Gasteiger partial charge in [-0.25, -0.2) is 23.6 Å². The lowest BCUT2D eigenvalue weighted by molar-refractivity contribution is -0.109. The maximum atomic E-state index is 15.8. The van der Waals surface area contributed by atoms with E-state index in [9.17, 15) is 14.5 Å². The number of imidazole rings is 1. The van der Waals surface area contributed by atoms with Gasteiger partial charge in [-0.1, -0.05) is 17.7 Å². The molecule has 3 heterocycles. The number of nitrogens with one attached hydrogen (secondary N) is 2. The molecule has 15 heteroatoms. The van der Waals surface area contributed by atoms with Gasteiger partial charge in [-0.3, -0.25) is 23.7 Å². The molecule has 0 aromatic carbocycles.